The van der Waals surface area contributed by atoms with Gasteiger partial charge in [0.2, 0.25) is 0 Å². The predicted molar refractivity (Wildman–Crippen MR) is 72.2 cm³/mol. The Morgan fingerprint density at radius 3 is 2.44 bits per heavy atom. The second-order valence-electron chi connectivity index (χ2n) is 3.55. The lowest BCUT2D eigenvalue weighted by Crippen LogP contribution is -2.04. The third-order valence-corrected chi connectivity index (χ3v) is 4.08. The van der Waals surface area contributed by atoms with E-state index < -0.39 is 0 Å². The van der Waals surface area contributed by atoms with Crippen molar-refractivity contribution in [2.75, 3.05) is 5.32 Å². The van der Waals surface area contributed by atoms with Crippen molar-refractivity contribution in [3.8, 4) is 5.75 Å². The highest BCUT2D eigenvalue weighted by atomic mass is 79.9. The SMILES string of the molecule is CC(Nc1ccc(O)cc1)c1ccc(Br)s1. The normalized spacial score (nSPS) is 12.4. The summed E-state index contributed by atoms with van der Waals surface area (Å²) in [6, 6.07) is 11.5. The summed E-state index contributed by atoms with van der Waals surface area (Å²) in [6.07, 6.45) is 0. The molecule has 0 aliphatic carbocycles. The first-order chi connectivity index (χ1) is 7.65. The number of hydrogen-bond acceptors (Lipinski definition) is 3. The van der Waals surface area contributed by atoms with Crippen LogP contribution in [0.2, 0.25) is 0 Å². The first kappa shape index (κ1) is 11.5. The number of hydrogen-bond donors (Lipinski definition) is 2. The summed E-state index contributed by atoms with van der Waals surface area (Å²) >= 11 is 5.18. The van der Waals surface area contributed by atoms with E-state index in [2.05, 4.69) is 40.3 Å². The summed E-state index contributed by atoms with van der Waals surface area (Å²) in [6.45, 7) is 2.12. The van der Waals surface area contributed by atoms with Crippen LogP contribution in [-0.2, 0) is 0 Å². The van der Waals surface area contributed by atoms with Crippen LogP contribution in [0.15, 0.2) is 40.2 Å². The van der Waals surface area contributed by atoms with Gasteiger partial charge in [0.25, 0.3) is 0 Å². The van der Waals surface area contributed by atoms with Gasteiger partial charge in [0, 0.05) is 10.6 Å². The first-order valence-corrected chi connectivity index (χ1v) is 6.57. The predicted octanol–water partition coefficient (Wildman–Crippen LogP) is 4.39. The van der Waals surface area contributed by atoms with Gasteiger partial charge >= 0.3 is 0 Å². The van der Waals surface area contributed by atoms with Crippen LogP contribution in [0.25, 0.3) is 0 Å². The summed E-state index contributed by atoms with van der Waals surface area (Å²) in [7, 11) is 0. The number of phenols is 1. The third kappa shape index (κ3) is 2.77. The van der Waals surface area contributed by atoms with Gasteiger partial charge in [-0.2, -0.15) is 0 Å². The molecule has 0 spiro atoms. The lowest BCUT2D eigenvalue weighted by Gasteiger charge is -2.13. The van der Waals surface area contributed by atoms with Gasteiger partial charge < -0.3 is 10.4 Å². The molecule has 0 saturated heterocycles. The number of thiophene rings is 1. The van der Waals surface area contributed by atoms with Gasteiger partial charge in [-0.3, -0.25) is 0 Å². The van der Waals surface area contributed by atoms with E-state index in [1.54, 1.807) is 23.5 Å². The molecule has 1 atom stereocenters. The van der Waals surface area contributed by atoms with E-state index in [0.29, 0.717) is 0 Å². The molecular formula is C12H12BrNOS. The number of aromatic hydroxyl groups is 1. The average Bonchev–Trinajstić information content (AvgIpc) is 2.68. The molecule has 84 valence electrons. The van der Waals surface area contributed by atoms with Crippen molar-refractivity contribution in [3.05, 3.63) is 45.1 Å². The van der Waals surface area contributed by atoms with Crippen molar-refractivity contribution in [1.82, 2.24) is 0 Å². The van der Waals surface area contributed by atoms with Crippen LogP contribution in [0.4, 0.5) is 5.69 Å². The van der Waals surface area contributed by atoms with E-state index in [9.17, 15) is 5.11 Å². The Morgan fingerprint density at radius 1 is 1.19 bits per heavy atom. The fourth-order valence-corrected chi connectivity index (χ4v) is 2.87. The first-order valence-electron chi connectivity index (χ1n) is 4.96. The molecule has 4 heteroatoms. The minimum Gasteiger partial charge on any atom is -0.508 e. The lowest BCUT2D eigenvalue weighted by molar-refractivity contribution is 0.475. The molecule has 0 saturated carbocycles. The highest BCUT2D eigenvalue weighted by molar-refractivity contribution is 9.11. The third-order valence-electron chi connectivity index (χ3n) is 2.27. The maximum absolute atomic E-state index is 9.18. The van der Waals surface area contributed by atoms with Crippen molar-refractivity contribution >= 4 is 33.0 Å². The number of benzene rings is 1. The van der Waals surface area contributed by atoms with Crippen LogP contribution < -0.4 is 5.32 Å². The Bertz CT molecular complexity index is 466. The van der Waals surface area contributed by atoms with Crippen LogP contribution >= 0.6 is 27.3 Å². The molecule has 1 aromatic carbocycles. The molecule has 0 bridgehead atoms. The van der Waals surface area contributed by atoms with E-state index in [1.165, 1.54) is 4.88 Å². The highest BCUT2D eigenvalue weighted by Crippen LogP contribution is 2.29. The zero-order valence-corrected chi connectivity index (χ0v) is 11.2. The van der Waals surface area contributed by atoms with Gasteiger partial charge in [0.15, 0.2) is 0 Å². The van der Waals surface area contributed by atoms with E-state index >= 15 is 0 Å². The van der Waals surface area contributed by atoms with Crippen molar-refractivity contribution in [1.29, 1.82) is 0 Å². The molecule has 2 rings (SSSR count). The minimum absolute atomic E-state index is 0.265. The molecule has 16 heavy (non-hydrogen) atoms. The summed E-state index contributed by atoms with van der Waals surface area (Å²) in [5, 5.41) is 12.6. The van der Waals surface area contributed by atoms with E-state index in [4.69, 9.17) is 0 Å². The van der Waals surface area contributed by atoms with Gasteiger partial charge in [-0.1, -0.05) is 0 Å². The quantitative estimate of drug-likeness (QED) is 0.824. The fraction of sp³-hybridized carbons (Fsp3) is 0.167. The molecule has 0 aliphatic rings. The average molecular weight is 298 g/mol. The van der Waals surface area contributed by atoms with Crippen LogP contribution in [0.3, 0.4) is 0 Å². The molecule has 2 N–H and O–H groups in total. The molecular weight excluding hydrogens is 286 g/mol. The van der Waals surface area contributed by atoms with Gasteiger partial charge in [-0.05, 0) is 59.3 Å². The largest absolute Gasteiger partial charge is 0.508 e. The summed E-state index contributed by atoms with van der Waals surface area (Å²) in [5.74, 6) is 0.289. The maximum atomic E-state index is 9.18. The topological polar surface area (TPSA) is 32.3 Å². The summed E-state index contributed by atoms with van der Waals surface area (Å²) < 4.78 is 1.14. The van der Waals surface area contributed by atoms with E-state index in [0.717, 1.165) is 9.47 Å². The Hall–Kier alpha value is -1.000. The highest BCUT2D eigenvalue weighted by Gasteiger charge is 2.07. The zero-order valence-electron chi connectivity index (χ0n) is 8.77. The molecule has 0 fully saturated rings. The fourth-order valence-electron chi connectivity index (χ4n) is 1.44. The smallest absolute Gasteiger partial charge is 0.115 e. The number of anilines is 1. The summed E-state index contributed by atoms with van der Waals surface area (Å²) in [5.41, 5.74) is 1.01. The number of phenolic OH excluding ortho intramolecular Hbond substituents is 1. The van der Waals surface area contributed by atoms with Crippen LogP contribution in [-0.4, -0.2) is 5.11 Å². The standard InChI is InChI=1S/C12H12BrNOS/c1-8(11-6-7-12(13)16-11)14-9-2-4-10(15)5-3-9/h2-8,14-15H,1H3. The molecule has 2 nitrogen and oxygen atoms in total. The van der Waals surface area contributed by atoms with Gasteiger partial charge in [-0.25, -0.2) is 0 Å². The van der Waals surface area contributed by atoms with Gasteiger partial charge in [-0.15, -0.1) is 11.3 Å². The second-order valence-corrected chi connectivity index (χ2v) is 6.05. The molecule has 0 radical (unpaired) electrons. The lowest BCUT2D eigenvalue weighted by atomic mass is 10.2. The molecule has 0 amide bonds. The van der Waals surface area contributed by atoms with Crippen molar-refractivity contribution in [2.45, 2.75) is 13.0 Å². The van der Waals surface area contributed by atoms with Crippen molar-refractivity contribution in [2.24, 2.45) is 0 Å². The number of nitrogens with one attached hydrogen (secondary N) is 1. The van der Waals surface area contributed by atoms with Crippen molar-refractivity contribution in [3.63, 3.8) is 0 Å². The van der Waals surface area contributed by atoms with Crippen molar-refractivity contribution < 1.29 is 5.11 Å². The second kappa shape index (κ2) is 4.89. The Labute approximate surface area is 107 Å². The Balaban J connectivity index is 2.07. The van der Waals surface area contributed by atoms with Crippen LogP contribution in [0, 0.1) is 0 Å². The Kier molecular flexibility index (Phi) is 3.51. The van der Waals surface area contributed by atoms with Gasteiger partial charge in [0.1, 0.15) is 5.75 Å². The molecule has 1 aromatic heterocycles. The maximum Gasteiger partial charge on any atom is 0.115 e. The number of halogens is 1. The van der Waals surface area contributed by atoms with E-state index in [1.807, 2.05) is 12.1 Å². The van der Waals surface area contributed by atoms with E-state index in [-0.39, 0.29) is 11.8 Å². The van der Waals surface area contributed by atoms with Crippen LogP contribution in [0.5, 0.6) is 5.75 Å². The van der Waals surface area contributed by atoms with Gasteiger partial charge in [0.05, 0.1) is 9.83 Å². The monoisotopic (exact) mass is 297 g/mol. The molecule has 2 aromatic rings. The molecule has 1 unspecified atom stereocenters. The minimum atomic E-state index is 0.265. The zero-order chi connectivity index (χ0) is 11.5. The Morgan fingerprint density at radius 2 is 1.88 bits per heavy atom. The molecule has 1 heterocycles. The number of rotatable bonds is 3. The summed E-state index contributed by atoms with van der Waals surface area (Å²) in [4.78, 5) is 1.28. The van der Waals surface area contributed by atoms with Crippen LogP contribution in [0.1, 0.15) is 17.8 Å². The molecule has 0 aliphatic heterocycles.